The summed E-state index contributed by atoms with van der Waals surface area (Å²) in [6.07, 6.45) is 1.60. The number of carbonyl (C=O) groups excluding carboxylic acids is 1. The Morgan fingerprint density at radius 3 is 2.74 bits per heavy atom. The summed E-state index contributed by atoms with van der Waals surface area (Å²) in [6.45, 7) is 1.83. The first kappa shape index (κ1) is 13.4. The Balaban J connectivity index is 2.17. The molecule has 1 aromatic heterocycles. The minimum atomic E-state index is -0.202. The number of carbonyl (C=O) groups is 1. The molecule has 0 bridgehead atoms. The third-order valence-corrected chi connectivity index (χ3v) is 2.86. The first-order valence-electron chi connectivity index (χ1n) is 5.67. The van der Waals surface area contributed by atoms with Gasteiger partial charge in [0.15, 0.2) is 0 Å². The first-order chi connectivity index (χ1) is 9.10. The molecule has 1 N–H and O–H groups in total. The van der Waals surface area contributed by atoms with Crippen molar-refractivity contribution in [3.63, 3.8) is 0 Å². The van der Waals surface area contributed by atoms with Gasteiger partial charge in [-0.15, -0.1) is 0 Å². The molecule has 0 saturated heterocycles. The van der Waals surface area contributed by atoms with Crippen LogP contribution in [0.15, 0.2) is 36.5 Å². The van der Waals surface area contributed by atoms with Gasteiger partial charge >= 0.3 is 0 Å². The molecule has 1 amide bonds. The SMILES string of the molecule is COc1ccc(NC(=O)c2ccnc(C)c2)cc1Cl. The number of amides is 1. The second-order valence-corrected chi connectivity index (χ2v) is 4.40. The summed E-state index contributed by atoms with van der Waals surface area (Å²) in [5.41, 5.74) is 1.96. The molecule has 0 aliphatic carbocycles. The largest absolute Gasteiger partial charge is 0.495 e. The fourth-order valence-electron chi connectivity index (χ4n) is 1.63. The van der Waals surface area contributed by atoms with Gasteiger partial charge in [-0.2, -0.15) is 0 Å². The van der Waals surface area contributed by atoms with Gasteiger partial charge in [0, 0.05) is 23.1 Å². The number of pyridine rings is 1. The summed E-state index contributed by atoms with van der Waals surface area (Å²) in [5.74, 6) is 0.367. The Morgan fingerprint density at radius 1 is 1.32 bits per heavy atom. The summed E-state index contributed by atoms with van der Waals surface area (Å²) in [7, 11) is 1.54. The lowest BCUT2D eigenvalue weighted by Crippen LogP contribution is -2.12. The summed E-state index contributed by atoms with van der Waals surface area (Å²) >= 11 is 6.00. The van der Waals surface area contributed by atoms with E-state index in [9.17, 15) is 4.79 Å². The Labute approximate surface area is 116 Å². The summed E-state index contributed by atoms with van der Waals surface area (Å²) in [6, 6.07) is 8.46. The third-order valence-electron chi connectivity index (χ3n) is 2.57. The van der Waals surface area contributed by atoms with E-state index in [1.807, 2.05) is 6.92 Å². The molecule has 4 nitrogen and oxygen atoms in total. The molecule has 0 aliphatic heterocycles. The van der Waals surface area contributed by atoms with Crippen molar-refractivity contribution in [2.24, 2.45) is 0 Å². The Morgan fingerprint density at radius 2 is 2.11 bits per heavy atom. The minimum Gasteiger partial charge on any atom is -0.495 e. The summed E-state index contributed by atoms with van der Waals surface area (Å²) in [4.78, 5) is 16.1. The lowest BCUT2D eigenvalue weighted by molar-refractivity contribution is 0.102. The van der Waals surface area contributed by atoms with Crippen molar-refractivity contribution in [3.05, 3.63) is 52.8 Å². The van der Waals surface area contributed by atoms with Crippen LogP contribution in [0.25, 0.3) is 0 Å². The second kappa shape index (κ2) is 5.71. The average molecular weight is 277 g/mol. The molecule has 1 heterocycles. The maximum atomic E-state index is 12.0. The van der Waals surface area contributed by atoms with E-state index in [0.717, 1.165) is 5.69 Å². The molecule has 19 heavy (non-hydrogen) atoms. The smallest absolute Gasteiger partial charge is 0.255 e. The molecular weight excluding hydrogens is 264 g/mol. The third kappa shape index (κ3) is 3.23. The number of aromatic nitrogens is 1. The van der Waals surface area contributed by atoms with Crippen LogP contribution in [0.5, 0.6) is 5.75 Å². The maximum absolute atomic E-state index is 12.0. The lowest BCUT2D eigenvalue weighted by atomic mass is 10.2. The summed E-state index contributed by atoms with van der Waals surface area (Å²) < 4.78 is 5.05. The van der Waals surface area contributed by atoms with Crippen molar-refractivity contribution in [2.45, 2.75) is 6.92 Å². The Hall–Kier alpha value is -2.07. The highest BCUT2D eigenvalue weighted by atomic mass is 35.5. The zero-order valence-electron chi connectivity index (χ0n) is 10.6. The molecule has 0 fully saturated rings. The molecule has 2 rings (SSSR count). The summed E-state index contributed by atoms with van der Waals surface area (Å²) in [5, 5.41) is 3.22. The van der Waals surface area contributed by atoms with Crippen LogP contribution >= 0.6 is 11.6 Å². The molecule has 0 spiro atoms. The first-order valence-corrected chi connectivity index (χ1v) is 6.05. The van der Waals surface area contributed by atoms with E-state index in [-0.39, 0.29) is 5.91 Å². The molecule has 98 valence electrons. The number of anilines is 1. The molecule has 0 saturated carbocycles. The van der Waals surface area contributed by atoms with E-state index in [0.29, 0.717) is 22.0 Å². The predicted octanol–water partition coefficient (Wildman–Crippen LogP) is 3.30. The number of halogens is 1. The van der Waals surface area contributed by atoms with Gasteiger partial charge < -0.3 is 10.1 Å². The number of methoxy groups -OCH3 is 1. The predicted molar refractivity (Wildman–Crippen MR) is 74.9 cm³/mol. The van der Waals surface area contributed by atoms with Crippen LogP contribution in [0.1, 0.15) is 16.1 Å². The van der Waals surface area contributed by atoms with Crippen LogP contribution in [-0.2, 0) is 0 Å². The number of hydrogen-bond acceptors (Lipinski definition) is 3. The average Bonchev–Trinajstić information content (AvgIpc) is 2.39. The van der Waals surface area contributed by atoms with Crippen molar-refractivity contribution >= 4 is 23.2 Å². The van der Waals surface area contributed by atoms with E-state index in [4.69, 9.17) is 16.3 Å². The van der Waals surface area contributed by atoms with Gasteiger partial charge in [-0.3, -0.25) is 9.78 Å². The van der Waals surface area contributed by atoms with Crippen LogP contribution in [0.3, 0.4) is 0 Å². The monoisotopic (exact) mass is 276 g/mol. The minimum absolute atomic E-state index is 0.202. The second-order valence-electron chi connectivity index (χ2n) is 3.99. The molecule has 2 aromatic rings. The fourth-order valence-corrected chi connectivity index (χ4v) is 1.89. The van der Waals surface area contributed by atoms with Crippen molar-refractivity contribution < 1.29 is 9.53 Å². The fraction of sp³-hybridized carbons (Fsp3) is 0.143. The normalized spacial score (nSPS) is 10.1. The maximum Gasteiger partial charge on any atom is 0.255 e. The number of ether oxygens (including phenoxy) is 1. The molecule has 0 atom stereocenters. The van der Waals surface area contributed by atoms with E-state index in [2.05, 4.69) is 10.3 Å². The van der Waals surface area contributed by atoms with E-state index in [1.54, 1.807) is 43.6 Å². The highest BCUT2D eigenvalue weighted by Crippen LogP contribution is 2.27. The van der Waals surface area contributed by atoms with E-state index >= 15 is 0 Å². The standard InChI is InChI=1S/C14H13ClN2O2/c1-9-7-10(5-6-16-9)14(18)17-11-3-4-13(19-2)12(15)8-11/h3-8H,1-2H3,(H,17,18). The van der Waals surface area contributed by atoms with E-state index in [1.165, 1.54) is 0 Å². The van der Waals surface area contributed by atoms with Gasteiger partial charge in [0.05, 0.1) is 12.1 Å². The molecular formula is C14H13ClN2O2. The number of rotatable bonds is 3. The number of hydrogen-bond donors (Lipinski definition) is 1. The highest BCUT2D eigenvalue weighted by Gasteiger charge is 2.08. The lowest BCUT2D eigenvalue weighted by Gasteiger charge is -2.08. The van der Waals surface area contributed by atoms with Gasteiger partial charge in [-0.1, -0.05) is 11.6 Å². The van der Waals surface area contributed by atoms with Crippen LogP contribution in [0.2, 0.25) is 5.02 Å². The quantitative estimate of drug-likeness (QED) is 0.936. The van der Waals surface area contributed by atoms with Crippen LogP contribution in [-0.4, -0.2) is 18.0 Å². The Kier molecular flexibility index (Phi) is 4.02. The van der Waals surface area contributed by atoms with Crippen LogP contribution in [0, 0.1) is 6.92 Å². The molecule has 1 aromatic carbocycles. The number of aryl methyl sites for hydroxylation is 1. The van der Waals surface area contributed by atoms with Crippen molar-refractivity contribution in [3.8, 4) is 5.75 Å². The van der Waals surface area contributed by atoms with Gasteiger partial charge in [-0.25, -0.2) is 0 Å². The van der Waals surface area contributed by atoms with Gasteiger partial charge in [0.25, 0.3) is 5.91 Å². The molecule has 0 radical (unpaired) electrons. The van der Waals surface area contributed by atoms with Crippen molar-refractivity contribution in [1.29, 1.82) is 0 Å². The zero-order valence-corrected chi connectivity index (χ0v) is 11.4. The number of benzene rings is 1. The molecule has 0 unspecified atom stereocenters. The van der Waals surface area contributed by atoms with Crippen LogP contribution in [0.4, 0.5) is 5.69 Å². The van der Waals surface area contributed by atoms with Gasteiger partial charge in [-0.05, 0) is 37.3 Å². The van der Waals surface area contributed by atoms with E-state index < -0.39 is 0 Å². The van der Waals surface area contributed by atoms with Crippen molar-refractivity contribution in [2.75, 3.05) is 12.4 Å². The van der Waals surface area contributed by atoms with Gasteiger partial charge in [0.1, 0.15) is 5.75 Å². The highest BCUT2D eigenvalue weighted by molar-refractivity contribution is 6.32. The molecule has 5 heteroatoms. The number of nitrogens with one attached hydrogen (secondary N) is 1. The van der Waals surface area contributed by atoms with Crippen LogP contribution < -0.4 is 10.1 Å². The Bertz CT molecular complexity index is 614. The zero-order chi connectivity index (χ0) is 13.8. The van der Waals surface area contributed by atoms with Crippen molar-refractivity contribution in [1.82, 2.24) is 4.98 Å². The molecule has 0 aliphatic rings. The topological polar surface area (TPSA) is 51.2 Å². The number of nitrogens with zero attached hydrogens (tertiary/aromatic N) is 1. The van der Waals surface area contributed by atoms with Gasteiger partial charge in [0.2, 0.25) is 0 Å².